The van der Waals surface area contributed by atoms with E-state index >= 15 is 0 Å². The summed E-state index contributed by atoms with van der Waals surface area (Å²) in [6, 6.07) is 9.08. The van der Waals surface area contributed by atoms with Gasteiger partial charge in [0.2, 0.25) is 0 Å². The third-order valence-electron chi connectivity index (χ3n) is 7.09. The quantitative estimate of drug-likeness (QED) is 0.309. The molecular formula is C29H39N. The molecule has 0 bridgehead atoms. The number of aromatic nitrogens is 1. The summed E-state index contributed by atoms with van der Waals surface area (Å²) in [5.41, 5.74) is 4.89. The van der Waals surface area contributed by atoms with Crippen LogP contribution in [0, 0.1) is 5.41 Å². The molecule has 3 rings (SSSR count). The summed E-state index contributed by atoms with van der Waals surface area (Å²) in [7, 11) is 0. The van der Waals surface area contributed by atoms with Crippen LogP contribution in [-0.2, 0) is 18.4 Å². The Morgan fingerprint density at radius 1 is 1.10 bits per heavy atom. The first-order valence-electron chi connectivity index (χ1n) is 11.7. The largest absolute Gasteiger partial charge is 0.338 e. The highest BCUT2D eigenvalue weighted by molar-refractivity contribution is 5.86. The molecule has 1 aliphatic carbocycles. The molecule has 1 nitrogen and oxygen atoms in total. The molecule has 1 saturated carbocycles. The van der Waals surface area contributed by atoms with E-state index in [2.05, 4.69) is 93.5 Å². The van der Waals surface area contributed by atoms with Crippen molar-refractivity contribution in [1.29, 1.82) is 0 Å². The van der Waals surface area contributed by atoms with Gasteiger partial charge in [0.1, 0.15) is 0 Å². The predicted octanol–water partition coefficient (Wildman–Crippen LogP) is 8.31. The number of hydrogen-bond donors (Lipinski definition) is 0. The lowest BCUT2D eigenvalue weighted by molar-refractivity contribution is 0.107. The van der Waals surface area contributed by atoms with Crippen molar-refractivity contribution in [1.82, 2.24) is 4.57 Å². The number of para-hydroxylation sites is 1. The summed E-state index contributed by atoms with van der Waals surface area (Å²) in [6.07, 6.45) is 23.4. The molecule has 0 radical (unpaired) electrons. The molecule has 2 atom stereocenters. The van der Waals surface area contributed by atoms with Crippen molar-refractivity contribution in [3.05, 3.63) is 84.6 Å². The summed E-state index contributed by atoms with van der Waals surface area (Å²) >= 11 is 0. The molecule has 0 saturated heterocycles. The van der Waals surface area contributed by atoms with Crippen molar-refractivity contribution >= 4 is 10.9 Å². The monoisotopic (exact) mass is 401 g/mol. The fraction of sp³-hybridized carbons (Fsp3) is 0.448. The number of nitrogens with zero attached hydrogens (tertiary/aromatic N) is 1. The zero-order chi connectivity index (χ0) is 21.6. The van der Waals surface area contributed by atoms with Gasteiger partial charge in [-0.2, -0.15) is 0 Å². The third-order valence-corrected chi connectivity index (χ3v) is 7.09. The second kappa shape index (κ2) is 9.69. The molecule has 1 fully saturated rings. The maximum Gasteiger partial charge on any atom is 0.0490 e. The Morgan fingerprint density at radius 3 is 2.60 bits per heavy atom. The molecule has 0 amide bonds. The van der Waals surface area contributed by atoms with Gasteiger partial charge in [-0.25, -0.2) is 0 Å². The van der Waals surface area contributed by atoms with Crippen LogP contribution in [0.1, 0.15) is 71.1 Å². The summed E-state index contributed by atoms with van der Waals surface area (Å²) in [4.78, 5) is 0. The first-order valence-corrected chi connectivity index (χ1v) is 11.7. The van der Waals surface area contributed by atoms with Gasteiger partial charge in [0.05, 0.1) is 0 Å². The molecule has 30 heavy (non-hydrogen) atoms. The third kappa shape index (κ3) is 4.26. The summed E-state index contributed by atoms with van der Waals surface area (Å²) in [6.45, 7) is 13.1. The smallest absolute Gasteiger partial charge is 0.0490 e. The Labute approximate surface area is 183 Å². The van der Waals surface area contributed by atoms with Gasteiger partial charge in [0, 0.05) is 22.1 Å². The van der Waals surface area contributed by atoms with Crippen LogP contribution < -0.4 is 0 Å². The number of fused-ring (bicyclic) bond motifs is 1. The molecule has 1 aliphatic rings. The second-order valence-electron chi connectivity index (χ2n) is 9.15. The fourth-order valence-electron chi connectivity index (χ4n) is 5.71. The standard InChI is InChI=1S/C29H39N/c1-6-10-12-15-20-28(5)21-16-22-29(9-4,23-28)30-26(8-3)24(17-11-7-2)25-18-13-14-19-27(25)30/h6-7,10-15,18-20H,1,8-9,16-17,21-23H2,2-5H3/b11-7-,12-10-,20-15+. The van der Waals surface area contributed by atoms with Crippen LogP contribution in [0.5, 0.6) is 0 Å². The Kier molecular flexibility index (Phi) is 7.23. The van der Waals surface area contributed by atoms with Crippen LogP contribution in [0.15, 0.2) is 73.4 Å². The Morgan fingerprint density at radius 2 is 1.90 bits per heavy atom. The van der Waals surface area contributed by atoms with Crippen molar-refractivity contribution in [2.45, 2.75) is 78.2 Å². The number of hydrogen-bond acceptors (Lipinski definition) is 0. The number of rotatable bonds is 8. The summed E-state index contributed by atoms with van der Waals surface area (Å²) < 4.78 is 2.77. The van der Waals surface area contributed by atoms with Crippen molar-refractivity contribution in [2.24, 2.45) is 5.41 Å². The molecule has 0 aliphatic heterocycles. The van der Waals surface area contributed by atoms with Crippen LogP contribution >= 0.6 is 0 Å². The predicted molar refractivity (Wildman–Crippen MR) is 133 cm³/mol. The van der Waals surface area contributed by atoms with Crippen LogP contribution in [0.25, 0.3) is 10.9 Å². The highest BCUT2D eigenvalue weighted by Crippen LogP contribution is 2.50. The molecule has 160 valence electrons. The highest BCUT2D eigenvalue weighted by atomic mass is 15.1. The van der Waals surface area contributed by atoms with Gasteiger partial charge in [-0.15, -0.1) is 0 Å². The fourth-order valence-corrected chi connectivity index (χ4v) is 5.71. The lowest BCUT2D eigenvalue weighted by Gasteiger charge is -2.47. The zero-order valence-electron chi connectivity index (χ0n) is 19.5. The average molecular weight is 402 g/mol. The van der Waals surface area contributed by atoms with E-state index in [1.165, 1.54) is 54.3 Å². The van der Waals surface area contributed by atoms with E-state index in [1.54, 1.807) is 0 Å². The lowest BCUT2D eigenvalue weighted by Crippen LogP contribution is -2.42. The van der Waals surface area contributed by atoms with Gasteiger partial charge in [0.25, 0.3) is 0 Å². The van der Waals surface area contributed by atoms with Gasteiger partial charge < -0.3 is 4.57 Å². The number of benzene rings is 1. The molecule has 2 unspecified atom stereocenters. The van der Waals surface area contributed by atoms with Gasteiger partial charge in [-0.05, 0) is 62.5 Å². The molecule has 1 aromatic carbocycles. The van der Waals surface area contributed by atoms with Crippen LogP contribution in [0.3, 0.4) is 0 Å². The number of allylic oxidation sites excluding steroid dienone is 7. The highest BCUT2D eigenvalue weighted by Gasteiger charge is 2.43. The van der Waals surface area contributed by atoms with E-state index in [9.17, 15) is 0 Å². The second-order valence-corrected chi connectivity index (χ2v) is 9.15. The molecule has 1 heterocycles. The molecule has 1 heteroatoms. The maximum atomic E-state index is 3.78. The van der Waals surface area contributed by atoms with Gasteiger partial charge in [-0.1, -0.05) is 94.5 Å². The average Bonchev–Trinajstić information content (AvgIpc) is 3.09. The van der Waals surface area contributed by atoms with Gasteiger partial charge >= 0.3 is 0 Å². The van der Waals surface area contributed by atoms with E-state index in [-0.39, 0.29) is 11.0 Å². The molecular weight excluding hydrogens is 362 g/mol. The summed E-state index contributed by atoms with van der Waals surface area (Å²) in [5, 5.41) is 1.44. The van der Waals surface area contributed by atoms with Crippen molar-refractivity contribution in [3.63, 3.8) is 0 Å². The minimum atomic E-state index is 0.179. The Bertz CT molecular complexity index is 954. The van der Waals surface area contributed by atoms with Crippen LogP contribution in [-0.4, -0.2) is 4.57 Å². The first kappa shape index (κ1) is 22.4. The molecule has 2 aromatic rings. The van der Waals surface area contributed by atoms with Crippen molar-refractivity contribution in [3.8, 4) is 0 Å². The van der Waals surface area contributed by atoms with E-state index < -0.39 is 0 Å². The van der Waals surface area contributed by atoms with Crippen molar-refractivity contribution in [2.75, 3.05) is 0 Å². The Hall–Kier alpha value is -2.28. The van der Waals surface area contributed by atoms with E-state index in [0.29, 0.717) is 0 Å². The van der Waals surface area contributed by atoms with E-state index in [0.717, 1.165) is 12.8 Å². The lowest BCUT2D eigenvalue weighted by atomic mass is 9.65. The van der Waals surface area contributed by atoms with E-state index in [1.807, 2.05) is 12.2 Å². The normalized spacial score (nSPS) is 25.2. The Balaban J connectivity index is 2.15. The van der Waals surface area contributed by atoms with Crippen LogP contribution in [0.2, 0.25) is 0 Å². The van der Waals surface area contributed by atoms with Gasteiger partial charge in [-0.3, -0.25) is 0 Å². The van der Waals surface area contributed by atoms with Crippen LogP contribution in [0.4, 0.5) is 0 Å². The first-order chi connectivity index (χ1) is 14.5. The maximum absolute atomic E-state index is 3.78. The van der Waals surface area contributed by atoms with Crippen molar-refractivity contribution < 1.29 is 0 Å². The molecule has 0 N–H and O–H groups in total. The topological polar surface area (TPSA) is 4.93 Å². The van der Waals surface area contributed by atoms with E-state index in [4.69, 9.17) is 0 Å². The minimum absolute atomic E-state index is 0.179. The molecule has 1 aromatic heterocycles. The minimum Gasteiger partial charge on any atom is -0.338 e. The van der Waals surface area contributed by atoms with Gasteiger partial charge in [0.15, 0.2) is 0 Å². The summed E-state index contributed by atoms with van der Waals surface area (Å²) in [5.74, 6) is 0. The molecule has 0 spiro atoms. The SMILES string of the molecule is C=C/C=C\C=C\C1(C)CCCC(CC)(n2c(CC)c(C/C=C\C)c3ccccc32)C1. The zero-order valence-corrected chi connectivity index (χ0v) is 19.5.